The van der Waals surface area contributed by atoms with Crippen LogP contribution in [0.1, 0.15) is 25.0 Å². The van der Waals surface area contributed by atoms with Crippen LogP contribution in [0.4, 0.5) is 5.82 Å². The first-order valence-electron chi connectivity index (χ1n) is 5.97. The Labute approximate surface area is 121 Å². The summed E-state index contributed by atoms with van der Waals surface area (Å²) in [4.78, 5) is 14.0. The number of hydrogen-bond donors (Lipinski definition) is 0. The van der Waals surface area contributed by atoms with Gasteiger partial charge in [-0.15, -0.1) is 0 Å². The molecular formula is C11H15ClN2O5S. The van der Waals surface area contributed by atoms with Crippen LogP contribution in [-0.2, 0) is 9.05 Å². The highest BCUT2D eigenvalue weighted by molar-refractivity contribution is 8.13. The summed E-state index contributed by atoms with van der Waals surface area (Å²) in [5, 5.41) is 10.8. The lowest BCUT2D eigenvalue weighted by Crippen LogP contribution is -2.04. The molecule has 0 aliphatic carbocycles. The Hall–Kier alpha value is -1.41. The minimum absolute atomic E-state index is 0.0825. The van der Waals surface area contributed by atoms with Gasteiger partial charge in [-0.05, 0) is 41.3 Å². The lowest BCUT2D eigenvalue weighted by Gasteiger charge is -2.06. The number of rotatable bonds is 8. The van der Waals surface area contributed by atoms with Crippen molar-refractivity contribution < 1.29 is 18.1 Å². The van der Waals surface area contributed by atoms with Gasteiger partial charge in [0.2, 0.25) is 14.8 Å². The molecular weight excluding hydrogens is 308 g/mol. The Morgan fingerprint density at radius 1 is 1.35 bits per heavy atom. The van der Waals surface area contributed by atoms with Gasteiger partial charge in [-0.2, -0.15) is 0 Å². The SMILES string of the molecule is Cc1ccc(OCCCCCS(=O)(=O)Cl)c([N+](=O)[O-])n1. The Morgan fingerprint density at radius 3 is 2.65 bits per heavy atom. The lowest BCUT2D eigenvalue weighted by atomic mass is 10.3. The van der Waals surface area contributed by atoms with E-state index in [4.69, 9.17) is 15.4 Å². The number of aromatic nitrogens is 1. The summed E-state index contributed by atoms with van der Waals surface area (Å²) in [5.74, 6) is -0.278. The topological polar surface area (TPSA) is 99.4 Å². The molecule has 0 aliphatic rings. The molecule has 0 unspecified atom stereocenters. The molecule has 1 aromatic heterocycles. The van der Waals surface area contributed by atoms with Crippen LogP contribution >= 0.6 is 10.7 Å². The number of hydrogen-bond acceptors (Lipinski definition) is 6. The van der Waals surface area contributed by atoms with Gasteiger partial charge in [0.1, 0.15) is 5.69 Å². The van der Waals surface area contributed by atoms with E-state index in [1.807, 2.05) is 0 Å². The number of ether oxygens (including phenoxy) is 1. The summed E-state index contributed by atoms with van der Waals surface area (Å²) < 4.78 is 26.7. The molecule has 0 saturated carbocycles. The fourth-order valence-electron chi connectivity index (χ4n) is 1.51. The molecule has 20 heavy (non-hydrogen) atoms. The molecule has 9 heteroatoms. The van der Waals surface area contributed by atoms with Crippen LogP contribution in [0.2, 0.25) is 0 Å². The molecule has 1 rings (SSSR count). The molecule has 0 radical (unpaired) electrons. The smallest absolute Gasteiger partial charge is 0.406 e. The molecule has 0 fully saturated rings. The normalized spacial score (nSPS) is 11.3. The largest absolute Gasteiger partial charge is 0.486 e. The zero-order chi connectivity index (χ0) is 15.2. The standard InChI is InChI=1S/C11H15ClN2O5S/c1-9-5-6-10(11(13-9)14(15)16)19-7-3-2-4-8-20(12,17)18/h5-6H,2-4,7-8H2,1H3. The lowest BCUT2D eigenvalue weighted by molar-refractivity contribution is -0.390. The molecule has 0 aromatic carbocycles. The second-order valence-electron chi connectivity index (χ2n) is 4.18. The van der Waals surface area contributed by atoms with Gasteiger partial charge in [0.25, 0.3) is 0 Å². The number of halogens is 1. The van der Waals surface area contributed by atoms with Crippen LogP contribution in [0, 0.1) is 17.0 Å². The zero-order valence-corrected chi connectivity index (χ0v) is 12.5. The third-order valence-electron chi connectivity index (χ3n) is 2.44. The first-order chi connectivity index (χ1) is 9.29. The Balaban J connectivity index is 2.41. The van der Waals surface area contributed by atoms with Crippen molar-refractivity contribution in [2.75, 3.05) is 12.4 Å². The minimum atomic E-state index is -3.45. The van der Waals surface area contributed by atoms with Crippen LogP contribution in [0.5, 0.6) is 5.75 Å². The van der Waals surface area contributed by atoms with E-state index < -0.39 is 14.0 Å². The summed E-state index contributed by atoms with van der Waals surface area (Å²) >= 11 is 0. The molecule has 1 heterocycles. The Kier molecular flexibility index (Phi) is 6.15. The number of aryl methyl sites for hydroxylation is 1. The van der Waals surface area contributed by atoms with Gasteiger partial charge in [-0.25, -0.2) is 8.42 Å². The van der Waals surface area contributed by atoms with Crippen molar-refractivity contribution in [3.05, 3.63) is 27.9 Å². The van der Waals surface area contributed by atoms with Gasteiger partial charge in [0, 0.05) is 17.6 Å². The van der Waals surface area contributed by atoms with E-state index in [2.05, 4.69) is 4.98 Å². The number of nitro groups is 1. The van der Waals surface area contributed by atoms with Crippen molar-refractivity contribution in [1.82, 2.24) is 4.98 Å². The summed E-state index contributed by atoms with van der Waals surface area (Å²) in [6.45, 7) is 1.91. The van der Waals surface area contributed by atoms with Gasteiger partial charge in [0.15, 0.2) is 0 Å². The van der Waals surface area contributed by atoms with Crippen molar-refractivity contribution in [1.29, 1.82) is 0 Å². The van der Waals surface area contributed by atoms with Crippen LogP contribution < -0.4 is 4.74 Å². The molecule has 0 amide bonds. The first kappa shape index (κ1) is 16.6. The summed E-state index contributed by atoms with van der Waals surface area (Å²) in [7, 11) is 1.62. The summed E-state index contributed by atoms with van der Waals surface area (Å²) in [6, 6.07) is 3.13. The predicted octanol–water partition coefficient (Wildman–Crippen LogP) is 2.42. The highest BCUT2D eigenvalue weighted by Gasteiger charge is 2.17. The first-order valence-corrected chi connectivity index (χ1v) is 8.44. The second-order valence-corrected chi connectivity index (χ2v) is 7.08. The van der Waals surface area contributed by atoms with E-state index in [-0.39, 0.29) is 23.9 Å². The van der Waals surface area contributed by atoms with E-state index in [0.29, 0.717) is 25.0 Å². The van der Waals surface area contributed by atoms with Crippen molar-refractivity contribution in [2.45, 2.75) is 26.2 Å². The molecule has 0 atom stereocenters. The van der Waals surface area contributed by atoms with Crippen molar-refractivity contribution in [2.24, 2.45) is 0 Å². The van der Waals surface area contributed by atoms with Crippen LogP contribution in [0.15, 0.2) is 12.1 Å². The number of nitrogens with zero attached hydrogens (tertiary/aromatic N) is 2. The van der Waals surface area contributed by atoms with Crippen LogP contribution in [-0.4, -0.2) is 30.7 Å². The monoisotopic (exact) mass is 322 g/mol. The van der Waals surface area contributed by atoms with Crippen molar-refractivity contribution in [3.8, 4) is 5.75 Å². The highest BCUT2D eigenvalue weighted by atomic mass is 35.7. The summed E-state index contributed by atoms with van der Waals surface area (Å²) in [6.07, 6.45) is 1.62. The Bertz CT molecular complexity index is 576. The zero-order valence-electron chi connectivity index (χ0n) is 10.9. The molecule has 0 bridgehead atoms. The fourth-order valence-corrected chi connectivity index (χ4v) is 2.39. The van der Waals surface area contributed by atoms with Crippen molar-refractivity contribution >= 4 is 25.6 Å². The quantitative estimate of drug-likeness (QED) is 0.315. The molecule has 0 spiro atoms. The number of pyridine rings is 1. The maximum absolute atomic E-state index is 10.8. The third-order valence-corrected chi connectivity index (χ3v) is 3.68. The number of unbranched alkanes of at least 4 members (excludes halogenated alkanes) is 2. The van der Waals surface area contributed by atoms with Gasteiger partial charge < -0.3 is 14.9 Å². The van der Waals surface area contributed by atoms with E-state index >= 15 is 0 Å². The maximum Gasteiger partial charge on any atom is 0.406 e. The van der Waals surface area contributed by atoms with E-state index in [9.17, 15) is 18.5 Å². The predicted molar refractivity (Wildman–Crippen MR) is 74.6 cm³/mol. The van der Waals surface area contributed by atoms with E-state index in [0.717, 1.165) is 0 Å². The van der Waals surface area contributed by atoms with Crippen molar-refractivity contribution in [3.63, 3.8) is 0 Å². The molecule has 112 valence electrons. The van der Waals surface area contributed by atoms with Gasteiger partial charge in [-0.3, -0.25) is 0 Å². The van der Waals surface area contributed by atoms with Gasteiger partial charge >= 0.3 is 5.82 Å². The maximum atomic E-state index is 10.8. The average Bonchev–Trinajstić information content (AvgIpc) is 2.33. The molecule has 0 saturated heterocycles. The van der Waals surface area contributed by atoms with Crippen LogP contribution in [0.3, 0.4) is 0 Å². The third kappa shape index (κ3) is 6.16. The summed E-state index contributed by atoms with van der Waals surface area (Å²) in [5.41, 5.74) is 0.538. The molecule has 0 N–H and O–H groups in total. The van der Waals surface area contributed by atoms with E-state index in [1.165, 1.54) is 6.07 Å². The Morgan fingerprint density at radius 2 is 2.05 bits per heavy atom. The molecule has 0 aliphatic heterocycles. The fraction of sp³-hybridized carbons (Fsp3) is 0.545. The van der Waals surface area contributed by atoms with Gasteiger partial charge in [-0.1, -0.05) is 0 Å². The highest BCUT2D eigenvalue weighted by Crippen LogP contribution is 2.24. The minimum Gasteiger partial charge on any atom is -0.486 e. The average molecular weight is 323 g/mol. The van der Waals surface area contributed by atoms with Gasteiger partial charge in [0.05, 0.1) is 12.4 Å². The second kappa shape index (κ2) is 7.39. The van der Waals surface area contributed by atoms with Crippen LogP contribution in [0.25, 0.3) is 0 Å². The molecule has 7 nitrogen and oxygen atoms in total. The molecule has 1 aromatic rings. The van der Waals surface area contributed by atoms with E-state index in [1.54, 1.807) is 13.0 Å².